The van der Waals surface area contributed by atoms with E-state index in [0.29, 0.717) is 6.42 Å². The van der Waals surface area contributed by atoms with Crippen LogP contribution in [0.4, 0.5) is 0 Å². The Balaban J connectivity index is 1.74. The highest BCUT2D eigenvalue weighted by molar-refractivity contribution is 6.31. The summed E-state index contributed by atoms with van der Waals surface area (Å²) in [6.07, 6.45) is 7.29. The second kappa shape index (κ2) is 5.99. The van der Waals surface area contributed by atoms with Crippen molar-refractivity contribution in [2.45, 2.75) is 63.2 Å². The first-order chi connectivity index (χ1) is 12.5. The summed E-state index contributed by atoms with van der Waals surface area (Å²) >= 11 is 5.63. The highest BCUT2D eigenvalue weighted by Crippen LogP contribution is 2.67. The summed E-state index contributed by atoms with van der Waals surface area (Å²) in [7, 11) is 0. The van der Waals surface area contributed by atoms with Gasteiger partial charge < -0.3 is 15.3 Å². The van der Waals surface area contributed by atoms with Crippen molar-refractivity contribution >= 4 is 23.2 Å². The van der Waals surface area contributed by atoms with E-state index >= 15 is 0 Å². The standard InChI is InChI=1S/C21H27ClO5/c1-19-7-5-12(23)9-11(19)3-4-13-14-6-8-21(27,17(25)18(22)26)20(14,2)10-15(24)16(13)19/h5,7,9,13-16,18,24,26-27H,3-4,6,8,10H2,1-2H3/t13-,14-,15+,16+,18?,19-,20-,21-/m0/s1. The third kappa shape index (κ3) is 2.41. The van der Waals surface area contributed by atoms with E-state index in [1.54, 1.807) is 12.2 Å². The van der Waals surface area contributed by atoms with Crippen LogP contribution in [0.5, 0.6) is 0 Å². The molecule has 27 heavy (non-hydrogen) atoms. The predicted molar refractivity (Wildman–Crippen MR) is 99.8 cm³/mol. The van der Waals surface area contributed by atoms with Gasteiger partial charge in [0.2, 0.25) is 5.78 Å². The molecule has 4 aliphatic rings. The Kier molecular flexibility index (Phi) is 4.29. The number of ketones is 2. The molecule has 0 radical (unpaired) electrons. The molecule has 5 nitrogen and oxygen atoms in total. The van der Waals surface area contributed by atoms with Crippen LogP contribution in [0.15, 0.2) is 23.8 Å². The topological polar surface area (TPSA) is 94.8 Å². The molecule has 0 aromatic carbocycles. The molecule has 0 aromatic heterocycles. The summed E-state index contributed by atoms with van der Waals surface area (Å²) < 4.78 is 0. The number of Topliss-reactive ketones (excluding diaryl/α,β-unsaturated/α-hetero) is 1. The van der Waals surface area contributed by atoms with E-state index in [1.807, 2.05) is 13.0 Å². The lowest BCUT2D eigenvalue weighted by molar-refractivity contribution is -0.179. The van der Waals surface area contributed by atoms with Crippen LogP contribution >= 0.6 is 11.6 Å². The lowest BCUT2D eigenvalue weighted by Gasteiger charge is -2.59. The van der Waals surface area contributed by atoms with Crippen molar-refractivity contribution in [3.63, 3.8) is 0 Å². The molecule has 8 atom stereocenters. The van der Waals surface area contributed by atoms with E-state index in [4.69, 9.17) is 11.6 Å². The number of rotatable bonds is 2. The van der Waals surface area contributed by atoms with Gasteiger partial charge in [-0.15, -0.1) is 0 Å². The van der Waals surface area contributed by atoms with Crippen LogP contribution in [0.3, 0.4) is 0 Å². The molecule has 0 aliphatic heterocycles. The van der Waals surface area contributed by atoms with Crippen LogP contribution in [0.1, 0.15) is 46.0 Å². The van der Waals surface area contributed by atoms with Crippen molar-refractivity contribution in [2.75, 3.05) is 0 Å². The zero-order chi connectivity index (χ0) is 19.8. The maximum absolute atomic E-state index is 12.5. The molecule has 4 rings (SSSR count). The lowest BCUT2D eigenvalue weighted by Crippen LogP contribution is -2.62. The second-order valence-electron chi connectivity index (χ2n) is 9.31. The minimum Gasteiger partial charge on any atom is -0.393 e. The third-order valence-electron chi connectivity index (χ3n) is 8.27. The molecular formula is C21H27ClO5. The number of hydrogen-bond acceptors (Lipinski definition) is 5. The van der Waals surface area contributed by atoms with Gasteiger partial charge >= 0.3 is 0 Å². The van der Waals surface area contributed by atoms with E-state index in [-0.39, 0.29) is 41.8 Å². The van der Waals surface area contributed by atoms with Crippen LogP contribution in [0.2, 0.25) is 0 Å². The molecule has 0 aromatic rings. The average molecular weight is 395 g/mol. The first kappa shape index (κ1) is 19.3. The highest BCUT2D eigenvalue weighted by Gasteiger charge is 2.68. The van der Waals surface area contributed by atoms with Crippen molar-refractivity contribution in [1.29, 1.82) is 0 Å². The fourth-order valence-electron chi connectivity index (χ4n) is 6.93. The first-order valence-corrected chi connectivity index (χ1v) is 10.2. The number of aliphatic hydroxyl groups excluding tert-OH is 2. The van der Waals surface area contributed by atoms with Crippen LogP contribution in [-0.2, 0) is 9.59 Å². The largest absolute Gasteiger partial charge is 0.393 e. The van der Waals surface area contributed by atoms with Crippen molar-refractivity contribution in [2.24, 2.45) is 28.6 Å². The highest BCUT2D eigenvalue weighted by atomic mass is 35.5. The molecule has 0 spiro atoms. The molecule has 0 bridgehead atoms. The number of hydrogen-bond donors (Lipinski definition) is 3. The van der Waals surface area contributed by atoms with E-state index < -0.39 is 28.5 Å². The maximum Gasteiger partial charge on any atom is 0.208 e. The minimum absolute atomic E-state index is 0.00648. The Morgan fingerprint density at radius 1 is 1.33 bits per heavy atom. The zero-order valence-corrected chi connectivity index (χ0v) is 16.4. The van der Waals surface area contributed by atoms with E-state index in [9.17, 15) is 24.9 Å². The summed E-state index contributed by atoms with van der Waals surface area (Å²) in [5, 5.41) is 32.0. The van der Waals surface area contributed by atoms with Gasteiger partial charge in [-0.3, -0.25) is 9.59 Å². The van der Waals surface area contributed by atoms with Crippen molar-refractivity contribution in [1.82, 2.24) is 0 Å². The van der Waals surface area contributed by atoms with E-state index in [1.165, 1.54) is 0 Å². The van der Waals surface area contributed by atoms with Crippen molar-refractivity contribution in [3.05, 3.63) is 23.8 Å². The molecule has 0 saturated heterocycles. The summed E-state index contributed by atoms with van der Waals surface area (Å²) in [5.74, 6) is -0.635. The summed E-state index contributed by atoms with van der Waals surface area (Å²) in [5.41, 5.74) is -3.61. The summed E-state index contributed by atoms with van der Waals surface area (Å²) in [4.78, 5) is 24.4. The Labute approximate surface area is 164 Å². The van der Waals surface area contributed by atoms with Crippen molar-refractivity contribution < 1.29 is 24.9 Å². The molecular weight excluding hydrogens is 368 g/mol. The maximum atomic E-state index is 12.5. The van der Waals surface area contributed by atoms with E-state index in [2.05, 4.69) is 6.92 Å². The van der Waals surface area contributed by atoms with Gasteiger partial charge in [0.1, 0.15) is 5.60 Å². The number of allylic oxidation sites excluding steroid dienone is 4. The normalized spacial score (nSPS) is 49.7. The molecule has 4 aliphatic carbocycles. The smallest absolute Gasteiger partial charge is 0.208 e. The molecule has 148 valence electrons. The number of carbonyl (C=O) groups excluding carboxylic acids is 2. The number of carbonyl (C=O) groups is 2. The van der Waals surface area contributed by atoms with Gasteiger partial charge in [-0.25, -0.2) is 0 Å². The molecule has 0 amide bonds. The van der Waals surface area contributed by atoms with Gasteiger partial charge in [0.25, 0.3) is 0 Å². The zero-order valence-electron chi connectivity index (χ0n) is 15.7. The second-order valence-corrected chi connectivity index (χ2v) is 9.72. The third-order valence-corrected chi connectivity index (χ3v) is 8.47. The summed E-state index contributed by atoms with van der Waals surface area (Å²) in [6, 6.07) is 0. The van der Waals surface area contributed by atoms with Gasteiger partial charge in [0, 0.05) is 16.7 Å². The van der Waals surface area contributed by atoms with Gasteiger partial charge in [0.05, 0.1) is 6.10 Å². The molecule has 0 heterocycles. The number of aliphatic hydroxyl groups is 3. The monoisotopic (exact) mass is 394 g/mol. The van der Waals surface area contributed by atoms with Crippen LogP contribution in [0, 0.1) is 28.6 Å². The van der Waals surface area contributed by atoms with Gasteiger partial charge in [0.15, 0.2) is 11.3 Å². The number of halogens is 1. The fraction of sp³-hybridized carbons (Fsp3) is 0.714. The molecule has 6 heteroatoms. The number of fused-ring (bicyclic) bond motifs is 5. The van der Waals surface area contributed by atoms with E-state index in [0.717, 1.165) is 18.4 Å². The van der Waals surface area contributed by atoms with Gasteiger partial charge in [-0.05, 0) is 56.1 Å². The Bertz CT molecular complexity index is 758. The SMILES string of the molecule is C[C@]12C=CC(=O)C=C1CC[C@@H]1[C@@H]2[C@H](O)C[C@@]2(C)[C@H]1CC[C@]2(O)C(=O)C(O)Cl. The van der Waals surface area contributed by atoms with Gasteiger partial charge in [-0.1, -0.05) is 37.1 Å². The molecule has 1 unspecified atom stereocenters. The first-order valence-electron chi connectivity index (χ1n) is 9.76. The Morgan fingerprint density at radius 2 is 2.04 bits per heavy atom. The quantitative estimate of drug-likeness (QED) is 0.623. The van der Waals surface area contributed by atoms with Gasteiger partial charge in [-0.2, -0.15) is 0 Å². The summed E-state index contributed by atoms with van der Waals surface area (Å²) in [6.45, 7) is 3.94. The lowest BCUT2D eigenvalue weighted by atomic mass is 9.46. The predicted octanol–water partition coefficient (Wildman–Crippen LogP) is 2.12. The molecule has 3 saturated carbocycles. The molecule has 3 fully saturated rings. The van der Waals surface area contributed by atoms with Crippen LogP contribution in [0.25, 0.3) is 0 Å². The Hall–Kier alpha value is -1.01. The number of alkyl halides is 1. The van der Waals surface area contributed by atoms with Crippen molar-refractivity contribution in [3.8, 4) is 0 Å². The fourth-order valence-corrected chi connectivity index (χ4v) is 7.11. The average Bonchev–Trinajstić information content (AvgIpc) is 2.86. The molecule has 3 N–H and O–H groups in total. The Morgan fingerprint density at radius 3 is 2.70 bits per heavy atom. The van der Waals surface area contributed by atoms with Crippen LogP contribution in [-0.4, -0.2) is 44.2 Å². The van der Waals surface area contributed by atoms with Crippen LogP contribution < -0.4 is 0 Å². The minimum atomic E-state index is -1.74.